The van der Waals surface area contributed by atoms with Crippen molar-refractivity contribution in [2.45, 2.75) is 161 Å². The largest absolute Gasteiger partial charge is 0.472 e. The van der Waals surface area contributed by atoms with Gasteiger partial charge in [-0.3, -0.25) is 18.6 Å². The zero-order valence-corrected chi connectivity index (χ0v) is 41.0. The Morgan fingerprint density at radius 3 is 1.25 bits per heavy atom. The fraction of sp³-hybridized carbons (Fsp3) is 0.527. The Morgan fingerprint density at radius 2 is 0.831 bits per heavy atom. The number of esters is 2. The van der Waals surface area contributed by atoms with Crippen LogP contribution in [0.25, 0.3) is 0 Å². The number of carbonyl (C=O) groups excluding carboxylic acids is 2. The van der Waals surface area contributed by atoms with E-state index in [9.17, 15) is 19.0 Å². The van der Waals surface area contributed by atoms with Gasteiger partial charge in [-0.1, -0.05) is 185 Å². The number of rotatable bonds is 43. The number of phosphoric acid groups is 1. The smallest absolute Gasteiger partial charge is 0.462 e. The monoisotopic (exact) mass is 920 g/mol. The average molecular weight is 920 g/mol. The van der Waals surface area contributed by atoms with Crippen molar-refractivity contribution in [3.63, 3.8) is 0 Å². The fourth-order valence-corrected chi connectivity index (χ4v) is 6.49. The van der Waals surface area contributed by atoms with Crippen molar-refractivity contribution < 1.29 is 37.6 Å². The lowest BCUT2D eigenvalue weighted by Gasteiger charge is -2.19. The second-order valence-corrected chi connectivity index (χ2v) is 16.7. The highest BCUT2D eigenvalue weighted by Crippen LogP contribution is 2.43. The zero-order chi connectivity index (χ0) is 47.4. The number of allylic oxidation sites excluding steroid dienone is 24. The molecule has 0 aromatic rings. The predicted octanol–water partition coefficient (Wildman–Crippen LogP) is 14.8. The van der Waals surface area contributed by atoms with Crippen molar-refractivity contribution in [3.05, 3.63) is 146 Å². The highest BCUT2D eigenvalue weighted by atomic mass is 31.2. The third-order valence-electron chi connectivity index (χ3n) is 9.23. The molecule has 65 heavy (non-hydrogen) atoms. The topological polar surface area (TPSA) is 134 Å². The van der Waals surface area contributed by atoms with E-state index >= 15 is 0 Å². The summed E-state index contributed by atoms with van der Waals surface area (Å²) in [7, 11) is -4.42. The summed E-state index contributed by atoms with van der Waals surface area (Å²) >= 11 is 0. The summed E-state index contributed by atoms with van der Waals surface area (Å²) in [5.74, 6) is -0.959. The lowest BCUT2D eigenvalue weighted by molar-refractivity contribution is -0.161. The van der Waals surface area contributed by atoms with E-state index in [0.29, 0.717) is 12.8 Å². The molecule has 2 atom stereocenters. The molecule has 0 rings (SSSR count). The summed E-state index contributed by atoms with van der Waals surface area (Å²) < 4.78 is 32.8. The molecular formula is C55H86NO8P. The van der Waals surface area contributed by atoms with Crippen LogP contribution in [-0.4, -0.2) is 49.3 Å². The number of hydrogen-bond donors (Lipinski definition) is 2. The maximum absolute atomic E-state index is 12.6. The first kappa shape index (κ1) is 60.9. The van der Waals surface area contributed by atoms with E-state index < -0.39 is 32.5 Å². The van der Waals surface area contributed by atoms with Gasteiger partial charge in [0.2, 0.25) is 0 Å². The molecule has 0 aliphatic heterocycles. The first-order valence-electron chi connectivity index (χ1n) is 24.3. The van der Waals surface area contributed by atoms with Gasteiger partial charge in [-0.25, -0.2) is 4.57 Å². The lowest BCUT2D eigenvalue weighted by Crippen LogP contribution is -2.29. The van der Waals surface area contributed by atoms with E-state index in [1.165, 1.54) is 0 Å². The molecule has 0 saturated heterocycles. The minimum atomic E-state index is -4.42. The highest BCUT2D eigenvalue weighted by molar-refractivity contribution is 7.47. The SMILES string of the molecule is CC/C=C\C/C=C\C/C=C\C/C=C\C/C=C\C/C=C\CCCCCCCCC(=O)OC(COC(=O)CC/C=C\C/C=C\C/C=C\C/C=C\C/C=C\C/C=C\CC)COP(=O)(O)OCCN. The van der Waals surface area contributed by atoms with Crippen LogP contribution in [0, 0.1) is 0 Å². The van der Waals surface area contributed by atoms with Gasteiger partial charge in [0.05, 0.1) is 13.2 Å². The summed E-state index contributed by atoms with van der Waals surface area (Å²) in [5.41, 5.74) is 5.36. The van der Waals surface area contributed by atoms with Crippen molar-refractivity contribution in [2.75, 3.05) is 26.4 Å². The molecule has 0 heterocycles. The van der Waals surface area contributed by atoms with Crippen LogP contribution in [0.15, 0.2) is 146 Å². The van der Waals surface area contributed by atoms with Gasteiger partial charge >= 0.3 is 19.8 Å². The molecular weight excluding hydrogens is 834 g/mol. The molecule has 0 aliphatic carbocycles. The van der Waals surface area contributed by atoms with Crippen molar-refractivity contribution >= 4 is 19.8 Å². The molecule has 0 aromatic carbocycles. The van der Waals surface area contributed by atoms with Gasteiger partial charge in [0.25, 0.3) is 0 Å². The first-order valence-corrected chi connectivity index (χ1v) is 25.8. The maximum Gasteiger partial charge on any atom is 0.472 e. The van der Waals surface area contributed by atoms with Gasteiger partial charge in [0, 0.05) is 19.4 Å². The van der Waals surface area contributed by atoms with Gasteiger partial charge in [0.15, 0.2) is 6.10 Å². The first-order chi connectivity index (χ1) is 31.8. The molecule has 0 fully saturated rings. The summed E-state index contributed by atoms with van der Waals surface area (Å²) in [5, 5.41) is 0. The molecule has 0 saturated carbocycles. The van der Waals surface area contributed by atoms with E-state index in [1.807, 2.05) is 12.2 Å². The average Bonchev–Trinajstić information content (AvgIpc) is 3.30. The lowest BCUT2D eigenvalue weighted by atomic mass is 10.1. The number of phosphoric ester groups is 1. The number of nitrogens with two attached hydrogens (primary N) is 1. The van der Waals surface area contributed by atoms with Crippen molar-refractivity contribution in [3.8, 4) is 0 Å². The highest BCUT2D eigenvalue weighted by Gasteiger charge is 2.25. The normalized spacial score (nSPS) is 14.5. The van der Waals surface area contributed by atoms with Gasteiger partial charge < -0.3 is 20.1 Å². The van der Waals surface area contributed by atoms with Gasteiger partial charge in [-0.2, -0.15) is 0 Å². The minimum Gasteiger partial charge on any atom is -0.462 e. The van der Waals surface area contributed by atoms with Crippen LogP contribution < -0.4 is 5.73 Å². The van der Waals surface area contributed by atoms with Crippen LogP contribution in [0.5, 0.6) is 0 Å². The quantitative estimate of drug-likeness (QED) is 0.0265. The standard InChI is InChI=1S/C55H86NO8P/c1-3-5-7-9-11-13-15-17-19-21-23-24-25-26-27-28-30-32-34-36-38-40-42-44-46-48-55(58)64-53(52-63-65(59,60)62-50-49-56)51-61-54(57)47-45-43-41-39-37-35-33-31-29-22-20-18-16-14-12-10-8-6-4-2/h5-8,11-14,17-20,23-24,26-27,29-32,35,37,41,43,53H,3-4,9-10,15-16,21-22,25,28,33-34,36,38-40,42,44-52,56H2,1-2H3,(H,59,60)/b7-5-,8-6-,13-11-,14-12-,19-17-,20-18-,24-23-,27-26-,31-29-,32-30-,37-35-,43-41-. The number of ether oxygens (including phenoxy) is 2. The Balaban J connectivity index is 4.27. The van der Waals surface area contributed by atoms with Crippen LogP contribution >= 0.6 is 7.82 Å². The van der Waals surface area contributed by atoms with E-state index in [0.717, 1.165) is 116 Å². The number of unbranched alkanes of at least 4 members (excludes halogenated alkanes) is 6. The Labute approximate surface area is 395 Å². The van der Waals surface area contributed by atoms with Crippen LogP contribution in [0.3, 0.4) is 0 Å². The maximum atomic E-state index is 12.6. The Bertz CT molecular complexity index is 1560. The van der Waals surface area contributed by atoms with Crippen LogP contribution in [0.2, 0.25) is 0 Å². The minimum absolute atomic E-state index is 0.0319. The fourth-order valence-electron chi connectivity index (χ4n) is 5.72. The molecule has 2 unspecified atom stereocenters. The van der Waals surface area contributed by atoms with E-state index in [4.69, 9.17) is 24.3 Å². The molecule has 0 amide bonds. The predicted molar refractivity (Wildman–Crippen MR) is 274 cm³/mol. The molecule has 0 aromatic heterocycles. The van der Waals surface area contributed by atoms with Gasteiger partial charge in [-0.05, 0) is 103 Å². The summed E-state index contributed by atoms with van der Waals surface area (Å²) in [6.07, 6.45) is 70.4. The Kier molecular flexibility index (Phi) is 46.2. The third-order valence-corrected chi connectivity index (χ3v) is 10.2. The summed E-state index contributed by atoms with van der Waals surface area (Å²) in [6.45, 7) is 3.37. The van der Waals surface area contributed by atoms with Crippen molar-refractivity contribution in [2.24, 2.45) is 5.73 Å². The molecule has 10 heteroatoms. The Hall–Kier alpha value is -4.11. The van der Waals surface area contributed by atoms with Crippen LogP contribution in [0.1, 0.15) is 155 Å². The van der Waals surface area contributed by atoms with E-state index in [-0.39, 0.29) is 32.6 Å². The molecule has 0 spiro atoms. The van der Waals surface area contributed by atoms with Crippen molar-refractivity contribution in [1.82, 2.24) is 0 Å². The molecule has 0 aliphatic rings. The van der Waals surface area contributed by atoms with E-state index in [2.05, 4.69) is 148 Å². The zero-order valence-electron chi connectivity index (χ0n) is 40.1. The molecule has 3 N–H and O–H groups in total. The summed E-state index contributed by atoms with van der Waals surface area (Å²) in [6, 6.07) is 0. The summed E-state index contributed by atoms with van der Waals surface area (Å²) in [4.78, 5) is 35.0. The second-order valence-electron chi connectivity index (χ2n) is 15.2. The van der Waals surface area contributed by atoms with Crippen LogP contribution in [0.4, 0.5) is 0 Å². The molecule has 9 nitrogen and oxygen atoms in total. The van der Waals surface area contributed by atoms with Crippen molar-refractivity contribution in [1.29, 1.82) is 0 Å². The molecule has 0 bridgehead atoms. The molecule has 0 radical (unpaired) electrons. The third kappa shape index (κ3) is 49.2. The second kappa shape index (κ2) is 49.3. The Morgan fingerprint density at radius 1 is 0.462 bits per heavy atom. The number of hydrogen-bond acceptors (Lipinski definition) is 8. The van der Waals surface area contributed by atoms with Gasteiger partial charge in [0.1, 0.15) is 6.61 Å². The van der Waals surface area contributed by atoms with E-state index in [1.54, 1.807) is 0 Å². The number of carbonyl (C=O) groups is 2. The van der Waals surface area contributed by atoms with Crippen LogP contribution in [-0.2, 0) is 32.7 Å². The molecule has 364 valence electrons. The van der Waals surface area contributed by atoms with Gasteiger partial charge in [-0.15, -0.1) is 0 Å².